The van der Waals surface area contributed by atoms with Gasteiger partial charge in [-0.05, 0) is 49.2 Å². The topological polar surface area (TPSA) is 93.8 Å². The third-order valence-corrected chi connectivity index (χ3v) is 7.49. The first kappa shape index (κ1) is 21.9. The predicted octanol–water partition coefficient (Wildman–Crippen LogP) is 2.84. The van der Waals surface area contributed by atoms with E-state index in [-0.39, 0.29) is 11.6 Å². The Bertz CT molecular complexity index is 1220. The zero-order valence-electron chi connectivity index (χ0n) is 19.6. The van der Waals surface area contributed by atoms with Crippen molar-refractivity contribution >= 4 is 22.9 Å². The molecule has 0 amide bonds. The van der Waals surface area contributed by atoms with Crippen molar-refractivity contribution in [3.63, 3.8) is 0 Å². The zero-order valence-corrected chi connectivity index (χ0v) is 19.6. The van der Waals surface area contributed by atoms with E-state index < -0.39 is 0 Å². The number of nitrogens with zero attached hydrogens (tertiary/aromatic N) is 5. The Kier molecular flexibility index (Phi) is 5.56. The van der Waals surface area contributed by atoms with Gasteiger partial charge in [-0.1, -0.05) is 12.1 Å². The normalized spacial score (nSPS) is 22.0. The number of aromatic nitrogens is 2. The highest BCUT2D eigenvalue weighted by Crippen LogP contribution is 2.40. The van der Waals surface area contributed by atoms with E-state index in [9.17, 15) is 9.50 Å². The summed E-state index contributed by atoms with van der Waals surface area (Å²) >= 11 is 0. The van der Waals surface area contributed by atoms with E-state index in [0.29, 0.717) is 34.8 Å². The van der Waals surface area contributed by atoms with Crippen LogP contribution in [0.25, 0.3) is 11.3 Å². The number of rotatable bonds is 4. The lowest BCUT2D eigenvalue weighted by Gasteiger charge is -2.44. The maximum absolute atomic E-state index is 14.7. The molecule has 3 fully saturated rings. The number of nitrogen functional groups attached to an aromatic ring is 1. The van der Waals surface area contributed by atoms with Crippen molar-refractivity contribution in [1.29, 1.82) is 0 Å². The van der Waals surface area contributed by atoms with E-state index >= 15 is 0 Å². The summed E-state index contributed by atoms with van der Waals surface area (Å²) in [6, 6.07) is 15.2. The maximum Gasteiger partial charge on any atom is 0.169 e. The predicted molar refractivity (Wildman–Crippen MR) is 137 cm³/mol. The third-order valence-electron chi connectivity index (χ3n) is 7.49. The number of nitrogens with one attached hydrogen (secondary N) is 1. The molecule has 0 aliphatic carbocycles. The SMILES string of the molecule is Nc1nnc(-c2ccccc2O)cc1N1CC2CCC(C1)N2c1ccc(F)c(N2CCNCC2)c1. The van der Waals surface area contributed by atoms with Gasteiger partial charge in [0.15, 0.2) is 5.82 Å². The molecule has 8 nitrogen and oxygen atoms in total. The summed E-state index contributed by atoms with van der Waals surface area (Å²) in [5.41, 5.74) is 10.1. The molecule has 2 bridgehead atoms. The molecule has 3 aliphatic rings. The molecule has 2 atom stereocenters. The summed E-state index contributed by atoms with van der Waals surface area (Å²) < 4.78 is 14.7. The lowest BCUT2D eigenvalue weighted by Crippen LogP contribution is -2.54. The van der Waals surface area contributed by atoms with Gasteiger partial charge in [0.2, 0.25) is 0 Å². The molecule has 6 rings (SSSR count). The van der Waals surface area contributed by atoms with E-state index in [4.69, 9.17) is 5.73 Å². The molecule has 3 aliphatic heterocycles. The Hall–Kier alpha value is -3.59. The van der Waals surface area contributed by atoms with Gasteiger partial charge in [0, 0.05) is 62.6 Å². The van der Waals surface area contributed by atoms with Crippen LogP contribution in [0, 0.1) is 5.82 Å². The minimum atomic E-state index is -0.158. The summed E-state index contributed by atoms with van der Waals surface area (Å²) in [5.74, 6) is 0.396. The summed E-state index contributed by atoms with van der Waals surface area (Å²) in [4.78, 5) is 6.89. The minimum Gasteiger partial charge on any atom is -0.507 e. The van der Waals surface area contributed by atoms with Crippen molar-refractivity contribution in [2.24, 2.45) is 0 Å². The van der Waals surface area contributed by atoms with Crippen LogP contribution < -0.4 is 25.8 Å². The van der Waals surface area contributed by atoms with Crippen LogP contribution in [0.3, 0.4) is 0 Å². The molecule has 4 N–H and O–H groups in total. The number of phenolic OH excluding ortho intramolecular Hbond substituents is 1. The van der Waals surface area contributed by atoms with E-state index in [1.807, 2.05) is 30.3 Å². The smallest absolute Gasteiger partial charge is 0.169 e. The molecule has 9 heteroatoms. The van der Waals surface area contributed by atoms with Gasteiger partial charge < -0.3 is 30.9 Å². The number of hydrogen-bond acceptors (Lipinski definition) is 8. The summed E-state index contributed by atoms with van der Waals surface area (Å²) in [6.07, 6.45) is 2.15. The molecule has 0 radical (unpaired) electrons. The maximum atomic E-state index is 14.7. The van der Waals surface area contributed by atoms with Crippen LogP contribution in [-0.2, 0) is 0 Å². The van der Waals surface area contributed by atoms with Gasteiger partial charge in [-0.2, -0.15) is 0 Å². The van der Waals surface area contributed by atoms with E-state index in [2.05, 4.69) is 30.2 Å². The fourth-order valence-electron chi connectivity index (χ4n) is 5.80. The molecule has 0 spiro atoms. The summed E-state index contributed by atoms with van der Waals surface area (Å²) in [7, 11) is 0. The first-order chi connectivity index (χ1) is 17.1. The van der Waals surface area contributed by atoms with Crippen LogP contribution in [0.2, 0.25) is 0 Å². The van der Waals surface area contributed by atoms with Crippen LogP contribution in [0.15, 0.2) is 48.5 Å². The third kappa shape index (κ3) is 3.99. The number of phenols is 1. The lowest BCUT2D eigenvalue weighted by atomic mass is 10.1. The Labute approximate surface area is 204 Å². The summed E-state index contributed by atoms with van der Waals surface area (Å²) in [6.45, 7) is 4.97. The van der Waals surface area contributed by atoms with Crippen LogP contribution in [0.1, 0.15) is 12.8 Å². The lowest BCUT2D eigenvalue weighted by molar-refractivity contribution is 0.477. The average Bonchev–Trinajstić information content (AvgIpc) is 3.14. The molecule has 1 aromatic heterocycles. The van der Waals surface area contributed by atoms with Crippen molar-refractivity contribution in [3.8, 4) is 17.0 Å². The van der Waals surface area contributed by atoms with Gasteiger partial charge in [-0.25, -0.2) is 4.39 Å². The van der Waals surface area contributed by atoms with Crippen LogP contribution in [0.5, 0.6) is 5.75 Å². The first-order valence-corrected chi connectivity index (χ1v) is 12.3. The molecule has 3 saturated heterocycles. The number of aromatic hydroxyl groups is 1. The molecule has 182 valence electrons. The van der Waals surface area contributed by atoms with E-state index in [1.165, 1.54) is 0 Å². The number of benzene rings is 2. The van der Waals surface area contributed by atoms with Crippen LogP contribution in [-0.4, -0.2) is 66.7 Å². The molecule has 2 unspecified atom stereocenters. The first-order valence-electron chi connectivity index (χ1n) is 12.3. The molecule has 3 aromatic rings. The standard InChI is InChI=1S/C26H30FN7O/c27-21-8-7-17(13-23(21)32-11-9-29-10-12-32)34-18-5-6-19(34)16-33(15-18)24-14-22(30-31-26(24)28)20-3-1-2-4-25(20)35/h1-4,7-8,13-14,18-19,29,35H,5-6,9-12,15-16H2,(H2,28,31). The summed E-state index contributed by atoms with van der Waals surface area (Å²) in [5, 5.41) is 22.0. The molecular weight excluding hydrogens is 445 g/mol. The molecule has 2 aromatic carbocycles. The van der Waals surface area contributed by atoms with Crippen molar-refractivity contribution < 1.29 is 9.50 Å². The second-order valence-electron chi connectivity index (χ2n) is 9.59. The van der Waals surface area contributed by atoms with Crippen molar-refractivity contribution in [2.75, 3.05) is 59.7 Å². The van der Waals surface area contributed by atoms with Gasteiger partial charge in [0.25, 0.3) is 0 Å². The Morgan fingerprint density at radius 2 is 1.66 bits per heavy atom. The second-order valence-corrected chi connectivity index (χ2v) is 9.59. The van der Waals surface area contributed by atoms with Crippen molar-refractivity contribution in [2.45, 2.75) is 24.9 Å². The van der Waals surface area contributed by atoms with Crippen LogP contribution in [0.4, 0.5) is 27.3 Å². The Balaban J connectivity index is 1.27. The molecule has 0 saturated carbocycles. The fourth-order valence-corrected chi connectivity index (χ4v) is 5.80. The van der Waals surface area contributed by atoms with Crippen LogP contribution >= 0.6 is 0 Å². The highest BCUT2D eigenvalue weighted by atomic mass is 19.1. The van der Waals surface area contributed by atoms with Gasteiger partial charge in [0.05, 0.1) is 17.1 Å². The Morgan fingerprint density at radius 1 is 0.914 bits per heavy atom. The van der Waals surface area contributed by atoms with Gasteiger partial charge in [0.1, 0.15) is 11.6 Å². The fraction of sp³-hybridized carbons (Fsp3) is 0.385. The molecule has 4 heterocycles. The van der Waals surface area contributed by atoms with Gasteiger partial charge in [-0.3, -0.25) is 0 Å². The quantitative estimate of drug-likeness (QED) is 0.531. The number of fused-ring (bicyclic) bond motifs is 2. The highest BCUT2D eigenvalue weighted by molar-refractivity contribution is 5.74. The number of piperazine rings is 2. The number of halogens is 1. The minimum absolute atomic E-state index is 0.158. The average molecular weight is 476 g/mol. The Morgan fingerprint density at radius 3 is 2.40 bits per heavy atom. The number of hydrogen-bond donors (Lipinski definition) is 3. The molecule has 35 heavy (non-hydrogen) atoms. The van der Waals surface area contributed by atoms with Crippen molar-refractivity contribution in [3.05, 3.63) is 54.3 Å². The highest BCUT2D eigenvalue weighted by Gasteiger charge is 2.41. The van der Waals surface area contributed by atoms with E-state index in [1.54, 1.807) is 18.2 Å². The zero-order chi connectivity index (χ0) is 23.9. The number of para-hydroxylation sites is 1. The second kappa shape index (κ2) is 8.88. The largest absolute Gasteiger partial charge is 0.507 e. The van der Waals surface area contributed by atoms with Gasteiger partial charge >= 0.3 is 0 Å². The number of anilines is 4. The van der Waals surface area contributed by atoms with E-state index in [0.717, 1.165) is 63.5 Å². The number of nitrogens with two attached hydrogens (primary N) is 1. The van der Waals surface area contributed by atoms with Crippen molar-refractivity contribution in [1.82, 2.24) is 15.5 Å². The monoisotopic (exact) mass is 475 g/mol. The molecular formula is C26H30FN7O. The van der Waals surface area contributed by atoms with Gasteiger partial charge in [-0.15, -0.1) is 10.2 Å².